The van der Waals surface area contributed by atoms with E-state index in [4.69, 9.17) is 5.73 Å². The average molecular weight is 272 g/mol. The average Bonchev–Trinajstić information content (AvgIpc) is 2.94. The van der Waals surface area contributed by atoms with Crippen LogP contribution in [-0.2, 0) is 11.2 Å². The summed E-state index contributed by atoms with van der Waals surface area (Å²) in [6.45, 7) is 3.62. The van der Waals surface area contributed by atoms with Crippen molar-refractivity contribution in [2.75, 3.05) is 18.0 Å². The largest absolute Gasteiger partial charge is 0.330 e. The van der Waals surface area contributed by atoms with Crippen LogP contribution in [0, 0.1) is 18.8 Å². The number of hydrogen-bond acceptors (Lipinski definition) is 2. The molecule has 2 unspecified atom stereocenters. The lowest BCUT2D eigenvalue weighted by Gasteiger charge is -2.34. The van der Waals surface area contributed by atoms with Gasteiger partial charge in [0, 0.05) is 18.2 Å². The summed E-state index contributed by atoms with van der Waals surface area (Å²) in [7, 11) is 0. The molecule has 1 heterocycles. The third-order valence-corrected chi connectivity index (χ3v) is 4.96. The highest BCUT2D eigenvalue weighted by Gasteiger charge is 2.36. The van der Waals surface area contributed by atoms with E-state index in [1.807, 2.05) is 4.90 Å². The number of amides is 1. The predicted octanol–water partition coefficient (Wildman–Crippen LogP) is 2.65. The highest BCUT2D eigenvalue weighted by atomic mass is 16.2. The van der Waals surface area contributed by atoms with Gasteiger partial charge in [0.05, 0.1) is 0 Å². The van der Waals surface area contributed by atoms with Gasteiger partial charge in [-0.15, -0.1) is 0 Å². The number of hydrogen-bond donors (Lipinski definition) is 1. The van der Waals surface area contributed by atoms with Gasteiger partial charge in [0.1, 0.15) is 0 Å². The van der Waals surface area contributed by atoms with E-state index in [0.29, 0.717) is 18.4 Å². The van der Waals surface area contributed by atoms with Crippen LogP contribution in [-0.4, -0.2) is 19.0 Å². The van der Waals surface area contributed by atoms with Crippen molar-refractivity contribution in [3.8, 4) is 0 Å². The van der Waals surface area contributed by atoms with Crippen LogP contribution >= 0.6 is 0 Å². The SMILES string of the molecule is Cc1cccc2c1N(C(=O)C1CCCC1CN)CCC2. The third-order valence-electron chi connectivity index (χ3n) is 4.96. The van der Waals surface area contributed by atoms with Crippen molar-refractivity contribution in [3.05, 3.63) is 29.3 Å². The molecule has 108 valence electrons. The number of carbonyl (C=O) groups is 1. The Morgan fingerprint density at radius 2 is 2.20 bits per heavy atom. The van der Waals surface area contributed by atoms with Gasteiger partial charge in [-0.05, 0) is 56.2 Å². The van der Waals surface area contributed by atoms with Crippen LogP contribution in [0.4, 0.5) is 5.69 Å². The van der Waals surface area contributed by atoms with E-state index in [9.17, 15) is 4.79 Å². The van der Waals surface area contributed by atoms with Crippen LogP contribution in [0.5, 0.6) is 0 Å². The number of nitrogens with two attached hydrogens (primary N) is 1. The van der Waals surface area contributed by atoms with E-state index in [2.05, 4.69) is 25.1 Å². The molecule has 1 aliphatic heterocycles. The smallest absolute Gasteiger partial charge is 0.230 e. The summed E-state index contributed by atoms with van der Waals surface area (Å²) in [4.78, 5) is 15.0. The van der Waals surface area contributed by atoms with Crippen LogP contribution in [0.2, 0.25) is 0 Å². The first-order valence-electron chi connectivity index (χ1n) is 7.82. The molecule has 0 bridgehead atoms. The number of fused-ring (bicyclic) bond motifs is 1. The van der Waals surface area contributed by atoms with E-state index in [1.165, 1.54) is 16.8 Å². The van der Waals surface area contributed by atoms with Gasteiger partial charge in [-0.25, -0.2) is 0 Å². The van der Waals surface area contributed by atoms with Crippen molar-refractivity contribution in [2.45, 2.75) is 39.0 Å². The lowest BCUT2D eigenvalue weighted by Crippen LogP contribution is -2.42. The van der Waals surface area contributed by atoms with E-state index in [-0.39, 0.29) is 5.92 Å². The van der Waals surface area contributed by atoms with Crippen molar-refractivity contribution in [2.24, 2.45) is 17.6 Å². The summed E-state index contributed by atoms with van der Waals surface area (Å²) in [6.07, 6.45) is 5.43. The number of para-hydroxylation sites is 1. The summed E-state index contributed by atoms with van der Waals surface area (Å²) in [5.74, 6) is 0.843. The first kappa shape index (κ1) is 13.6. The quantitative estimate of drug-likeness (QED) is 0.899. The molecule has 1 fully saturated rings. The zero-order chi connectivity index (χ0) is 14.1. The number of aryl methyl sites for hydroxylation is 2. The van der Waals surface area contributed by atoms with Gasteiger partial charge in [-0.1, -0.05) is 24.6 Å². The van der Waals surface area contributed by atoms with Gasteiger partial charge >= 0.3 is 0 Å². The second-order valence-corrected chi connectivity index (χ2v) is 6.21. The minimum atomic E-state index is 0.144. The fourth-order valence-electron chi connectivity index (χ4n) is 3.91. The number of benzene rings is 1. The molecule has 3 heteroatoms. The Balaban J connectivity index is 1.91. The van der Waals surface area contributed by atoms with Crippen LogP contribution in [0.1, 0.15) is 36.8 Å². The molecular weight excluding hydrogens is 248 g/mol. The normalized spacial score (nSPS) is 25.6. The molecule has 2 aliphatic rings. The fraction of sp³-hybridized carbons (Fsp3) is 0.588. The molecule has 0 saturated heterocycles. The minimum Gasteiger partial charge on any atom is -0.330 e. The Bertz CT molecular complexity index is 512. The molecule has 1 amide bonds. The first-order valence-corrected chi connectivity index (χ1v) is 7.82. The van der Waals surface area contributed by atoms with E-state index in [1.54, 1.807) is 0 Å². The van der Waals surface area contributed by atoms with Crippen molar-refractivity contribution in [1.29, 1.82) is 0 Å². The Morgan fingerprint density at radius 1 is 1.35 bits per heavy atom. The highest BCUT2D eigenvalue weighted by Crippen LogP contribution is 2.37. The topological polar surface area (TPSA) is 46.3 Å². The van der Waals surface area contributed by atoms with Gasteiger partial charge < -0.3 is 10.6 Å². The summed E-state index contributed by atoms with van der Waals surface area (Å²) >= 11 is 0. The molecule has 0 radical (unpaired) electrons. The maximum atomic E-state index is 13.0. The van der Waals surface area contributed by atoms with E-state index >= 15 is 0 Å². The minimum absolute atomic E-state index is 0.144. The Morgan fingerprint density at radius 3 is 3.00 bits per heavy atom. The van der Waals surface area contributed by atoms with Crippen LogP contribution in [0.3, 0.4) is 0 Å². The lowest BCUT2D eigenvalue weighted by atomic mass is 9.92. The fourth-order valence-corrected chi connectivity index (χ4v) is 3.91. The van der Waals surface area contributed by atoms with Gasteiger partial charge in [0.2, 0.25) is 5.91 Å². The number of carbonyl (C=O) groups excluding carboxylic acids is 1. The molecule has 1 aliphatic carbocycles. The molecule has 1 aromatic carbocycles. The maximum Gasteiger partial charge on any atom is 0.230 e. The summed E-state index contributed by atoms with van der Waals surface area (Å²) in [5.41, 5.74) is 9.56. The summed E-state index contributed by atoms with van der Waals surface area (Å²) in [5, 5.41) is 0. The van der Waals surface area contributed by atoms with Crippen molar-refractivity contribution in [3.63, 3.8) is 0 Å². The molecule has 0 aromatic heterocycles. The predicted molar refractivity (Wildman–Crippen MR) is 81.7 cm³/mol. The number of rotatable bonds is 2. The molecule has 2 atom stereocenters. The monoisotopic (exact) mass is 272 g/mol. The molecule has 3 nitrogen and oxygen atoms in total. The zero-order valence-corrected chi connectivity index (χ0v) is 12.3. The van der Waals surface area contributed by atoms with Crippen molar-refractivity contribution in [1.82, 2.24) is 0 Å². The Kier molecular flexibility index (Phi) is 3.79. The third kappa shape index (κ3) is 2.24. The van der Waals surface area contributed by atoms with Crippen molar-refractivity contribution >= 4 is 11.6 Å². The van der Waals surface area contributed by atoms with Gasteiger partial charge in [-0.3, -0.25) is 4.79 Å². The van der Waals surface area contributed by atoms with Crippen LogP contribution in [0.25, 0.3) is 0 Å². The second-order valence-electron chi connectivity index (χ2n) is 6.21. The molecule has 0 spiro atoms. The van der Waals surface area contributed by atoms with E-state index in [0.717, 1.165) is 38.6 Å². The second kappa shape index (κ2) is 5.57. The lowest BCUT2D eigenvalue weighted by molar-refractivity contribution is -0.123. The van der Waals surface area contributed by atoms with Gasteiger partial charge in [0.25, 0.3) is 0 Å². The molecule has 20 heavy (non-hydrogen) atoms. The van der Waals surface area contributed by atoms with E-state index < -0.39 is 0 Å². The summed E-state index contributed by atoms with van der Waals surface area (Å²) < 4.78 is 0. The summed E-state index contributed by atoms with van der Waals surface area (Å²) in [6, 6.07) is 6.37. The maximum absolute atomic E-state index is 13.0. The van der Waals surface area contributed by atoms with Crippen LogP contribution < -0.4 is 10.6 Å². The molecule has 1 aromatic rings. The molecule has 1 saturated carbocycles. The van der Waals surface area contributed by atoms with Gasteiger partial charge in [-0.2, -0.15) is 0 Å². The standard InChI is InChI=1S/C17H24N2O/c1-12-5-2-6-13-8-4-10-19(16(12)13)17(20)15-9-3-7-14(15)11-18/h2,5-6,14-15H,3-4,7-11,18H2,1H3. The number of anilines is 1. The number of nitrogens with zero attached hydrogens (tertiary/aromatic N) is 1. The first-order chi connectivity index (χ1) is 9.72. The molecular formula is C17H24N2O. The van der Waals surface area contributed by atoms with Crippen molar-refractivity contribution < 1.29 is 4.79 Å². The Hall–Kier alpha value is -1.35. The van der Waals surface area contributed by atoms with Gasteiger partial charge in [0.15, 0.2) is 0 Å². The molecule has 2 N–H and O–H groups in total. The van der Waals surface area contributed by atoms with Crippen LogP contribution in [0.15, 0.2) is 18.2 Å². The Labute approximate surface area is 121 Å². The highest BCUT2D eigenvalue weighted by molar-refractivity contribution is 5.97. The zero-order valence-electron chi connectivity index (χ0n) is 12.3. The molecule has 3 rings (SSSR count).